The van der Waals surface area contributed by atoms with Crippen molar-refractivity contribution in [1.82, 2.24) is 0 Å². The van der Waals surface area contributed by atoms with E-state index in [1.807, 2.05) is 23.5 Å². The molecule has 280 valence electrons. The van der Waals surface area contributed by atoms with Crippen molar-refractivity contribution in [3.8, 4) is 0 Å². The van der Waals surface area contributed by atoms with Gasteiger partial charge in [-0.15, -0.1) is 141 Å². The molecule has 0 aromatic carbocycles. The SMILES string of the molecule is O=C(CSCSCSCCS(=O)CSCSCSCSC(=O)CSCSCSCCOOCSCCSCO)OCSCCSCO. The molecule has 0 heterocycles. The fraction of sp³-hybridized carbons (Fsp3) is 0.917. The van der Waals surface area contributed by atoms with Gasteiger partial charge in [0, 0.05) is 86.7 Å². The highest BCUT2D eigenvalue weighted by Gasteiger charge is 2.06. The summed E-state index contributed by atoms with van der Waals surface area (Å²) in [5.41, 5.74) is 0. The summed E-state index contributed by atoms with van der Waals surface area (Å²) >= 11 is 23.2. The molecule has 23 heteroatoms. The molecule has 0 aromatic heterocycles. The molecule has 0 spiro atoms. The van der Waals surface area contributed by atoms with Gasteiger partial charge in [0.2, 0.25) is 0 Å². The number of carbonyl (C=O) groups is 2. The number of aliphatic hydroxyl groups excluding tert-OH is 2. The standard InChI is InChI=1S/C24H46O8S15/c25-11-33-3-5-35-13-30-23(27)9-39-17-42-16-38-7-8-47(29)22-45-20-43-19-44-21-46-24(28)10-40-18-41-15-37-2-1-31-32-14-36-6-4-34-12-26/h25-26H,1-22H2. The Hall–Kier alpha value is 4.03. The van der Waals surface area contributed by atoms with E-state index < -0.39 is 10.8 Å². The third kappa shape index (κ3) is 44.3. The van der Waals surface area contributed by atoms with Gasteiger partial charge in [-0.25, -0.2) is 9.78 Å². The van der Waals surface area contributed by atoms with Crippen LogP contribution in [0.3, 0.4) is 0 Å². The summed E-state index contributed by atoms with van der Waals surface area (Å²) in [5, 5.41) is 24.5. The van der Waals surface area contributed by atoms with E-state index in [1.54, 1.807) is 106 Å². The lowest BCUT2D eigenvalue weighted by atomic mass is 10.8. The molecular formula is C24H46O8S15. The molecule has 0 aromatic rings. The fourth-order valence-electron chi connectivity index (χ4n) is 2.20. The van der Waals surface area contributed by atoms with E-state index in [0.717, 1.165) is 70.1 Å². The lowest BCUT2D eigenvalue weighted by molar-refractivity contribution is -0.274. The van der Waals surface area contributed by atoms with Gasteiger partial charge in [-0.2, -0.15) is 11.8 Å². The minimum absolute atomic E-state index is 0.126. The van der Waals surface area contributed by atoms with Crippen molar-refractivity contribution < 1.29 is 38.5 Å². The van der Waals surface area contributed by atoms with Crippen molar-refractivity contribution in [3.63, 3.8) is 0 Å². The van der Waals surface area contributed by atoms with Crippen LogP contribution in [0.4, 0.5) is 0 Å². The molecule has 0 aliphatic rings. The molecule has 8 nitrogen and oxygen atoms in total. The average molecular weight is 944 g/mol. The monoisotopic (exact) mass is 942 g/mol. The van der Waals surface area contributed by atoms with Crippen LogP contribution in [0.15, 0.2) is 0 Å². The second-order valence-corrected chi connectivity index (χ2v) is 26.6. The molecule has 0 saturated heterocycles. The number of carbonyl (C=O) groups excluding carboxylic acids is 2. The first-order valence-corrected chi connectivity index (χ1v) is 31.2. The normalized spacial score (nSPS) is 12.0. The van der Waals surface area contributed by atoms with Gasteiger partial charge < -0.3 is 14.9 Å². The van der Waals surface area contributed by atoms with E-state index in [0.29, 0.717) is 40.8 Å². The van der Waals surface area contributed by atoms with Crippen molar-refractivity contribution >= 4 is 187 Å². The Balaban J connectivity index is 3.30. The predicted molar refractivity (Wildman–Crippen MR) is 239 cm³/mol. The van der Waals surface area contributed by atoms with Crippen molar-refractivity contribution in [3.05, 3.63) is 0 Å². The molecule has 0 saturated carbocycles. The molecule has 0 bridgehead atoms. The van der Waals surface area contributed by atoms with Gasteiger partial charge in [0.1, 0.15) is 11.9 Å². The maximum absolute atomic E-state index is 12.2. The molecular weight excluding hydrogens is 897 g/mol. The average Bonchev–Trinajstić information content (AvgIpc) is 3.06. The third-order valence-corrected chi connectivity index (χ3v) is 21.8. The third-order valence-electron chi connectivity index (χ3n) is 4.17. The van der Waals surface area contributed by atoms with Crippen LogP contribution >= 0.6 is 165 Å². The van der Waals surface area contributed by atoms with E-state index in [2.05, 4.69) is 0 Å². The van der Waals surface area contributed by atoms with Crippen molar-refractivity contribution in [2.45, 2.75) is 0 Å². The Morgan fingerprint density at radius 2 is 1.09 bits per heavy atom. The van der Waals surface area contributed by atoms with Gasteiger partial charge >= 0.3 is 5.97 Å². The van der Waals surface area contributed by atoms with Gasteiger partial charge in [-0.3, -0.25) is 13.8 Å². The largest absolute Gasteiger partial charge is 0.454 e. The molecule has 0 radical (unpaired) electrons. The Bertz CT molecular complexity index is 721. The van der Waals surface area contributed by atoms with Gasteiger partial charge in [-0.05, 0) is 0 Å². The first-order valence-electron chi connectivity index (χ1n) is 13.7. The molecule has 0 fully saturated rings. The minimum atomic E-state index is -0.808. The van der Waals surface area contributed by atoms with Gasteiger partial charge in [0.15, 0.2) is 5.12 Å². The maximum atomic E-state index is 12.2. The Kier molecular flexibility index (Phi) is 48.2. The lowest BCUT2D eigenvalue weighted by Crippen LogP contribution is -2.07. The predicted octanol–water partition coefficient (Wildman–Crippen LogP) is 7.49. The van der Waals surface area contributed by atoms with Crippen LogP contribution in [0.2, 0.25) is 0 Å². The van der Waals surface area contributed by atoms with Crippen LogP contribution in [0.1, 0.15) is 0 Å². The second-order valence-electron chi connectivity index (χ2n) is 7.72. The highest BCUT2D eigenvalue weighted by Crippen LogP contribution is 2.24. The smallest absolute Gasteiger partial charge is 0.316 e. The van der Waals surface area contributed by atoms with Crippen LogP contribution in [-0.4, -0.2) is 148 Å². The zero-order valence-corrected chi connectivity index (χ0v) is 38.3. The number of aliphatic hydroxyl groups is 2. The first-order chi connectivity index (χ1) is 23.1. The number of hydrogen-bond acceptors (Lipinski definition) is 22. The molecule has 2 N–H and O–H groups in total. The topological polar surface area (TPSA) is 119 Å². The van der Waals surface area contributed by atoms with E-state index >= 15 is 0 Å². The van der Waals surface area contributed by atoms with Crippen LogP contribution in [0.5, 0.6) is 0 Å². The first kappa shape index (κ1) is 51.0. The summed E-state index contributed by atoms with van der Waals surface area (Å²) in [5.74, 6) is 7.89. The van der Waals surface area contributed by atoms with Gasteiger partial charge in [0.05, 0.1) is 35.1 Å². The molecule has 1 atom stereocenters. The number of rotatable bonds is 39. The number of hydrogen-bond donors (Lipinski definition) is 2. The quantitative estimate of drug-likeness (QED) is 0.0208. The van der Waals surface area contributed by atoms with Crippen LogP contribution in [-0.2, 0) is 34.9 Å². The van der Waals surface area contributed by atoms with E-state index in [4.69, 9.17) is 24.7 Å². The van der Waals surface area contributed by atoms with Crippen LogP contribution in [0, 0.1) is 0 Å². The second kappa shape index (κ2) is 44.4. The summed E-state index contributed by atoms with van der Waals surface area (Å²) in [4.78, 5) is 34.0. The zero-order chi connectivity index (χ0) is 34.3. The van der Waals surface area contributed by atoms with E-state index in [-0.39, 0.29) is 23.0 Å². The van der Waals surface area contributed by atoms with E-state index in [1.165, 1.54) is 35.3 Å². The Morgan fingerprint density at radius 1 is 0.532 bits per heavy atom. The van der Waals surface area contributed by atoms with Crippen LogP contribution < -0.4 is 0 Å². The van der Waals surface area contributed by atoms with Crippen molar-refractivity contribution in [1.29, 1.82) is 0 Å². The van der Waals surface area contributed by atoms with E-state index in [9.17, 15) is 13.8 Å². The molecule has 0 aliphatic heterocycles. The molecule has 0 rings (SSSR count). The summed E-state index contributed by atoms with van der Waals surface area (Å²) in [6.45, 7) is 0.561. The summed E-state index contributed by atoms with van der Waals surface area (Å²) < 4.78 is 17.4. The maximum Gasteiger partial charge on any atom is 0.316 e. The highest BCUT2D eigenvalue weighted by molar-refractivity contribution is 8.30. The van der Waals surface area contributed by atoms with Crippen molar-refractivity contribution in [2.24, 2.45) is 0 Å². The molecule has 47 heavy (non-hydrogen) atoms. The Morgan fingerprint density at radius 3 is 1.79 bits per heavy atom. The number of esters is 1. The molecule has 1 unspecified atom stereocenters. The summed E-state index contributed by atoms with van der Waals surface area (Å²) in [7, 11) is -0.808. The summed E-state index contributed by atoms with van der Waals surface area (Å²) in [6, 6.07) is 0. The minimum Gasteiger partial charge on any atom is -0.454 e. The summed E-state index contributed by atoms with van der Waals surface area (Å²) in [6.07, 6.45) is 0. The number of ether oxygens (including phenoxy) is 1. The molecule has 0 amide bonds. The highest BCUT2D eigenvalue weighted by atomic mass is 32.3. The molecule has 0 aliphatic carbocycles. The lowest BCUT2D eigenvalue weighted by Gasteiger charge is -2.05. The Labute approximate surface area is 343 Å². The van der Waals surface area contributed by atoms with Gasteiger partial charge in [-0.1, -0.05) is 11.8 Å². The number of thioether (sulfide) groups is 14. The van der Waals surface area contributed by atoms with Gasteiger partial charge in [0.25, 0.3) is 0 Å². The van der Waals surface area contributed by atoms with Crippen molar-refractivity contribution in [2.75, 3.05) is 123 Å². The fourth-order valence-corrected chi connectivity index (χ4v) is 18.3. The van der Waals surface area contributed by atoms with Crippen LogP contribution in [0.25, 0.3) is 0 Å². The zero-order valence-electron chi connectivity index (χ0n) is 26.0.